The van der Waals surface area contributed by atoms with Gasteiger partial charge in [0.2, 0.25) is 0 Å². The van der Waals surface area contributed by atoms with E-state index in [1.807, 2.05) is 99.8 Å². The lowest BCUT2D eigenvalue weighted by Gasteiger charge is -2.43. The predicted molar refractivity (Wildman–Crippen MR) is 138 cm³/mol. The maximum absolute atomic E-state index is 10.8. The molecule has 2 atom stereocenters. The van der Waals surface area contributed by atoms with E-state index in [1.54, 1.807) is 14.2 Å². The zero-order valence-corrected chi connectivity index (χ0v) is 20.8. The van der Waals surface area contributed by atoms with Crippen LogP contribution in [0.5, 0.6) is 11.5 Å². The molecular weight excluding hydrogens is 422 g/mol. The van der Waals surface area contributed by atoms with Crippen molar-refractivity contribution in [1.82, 2.24) is 9.80 Å². The monoisotopic (exact) mass is 455 g/mol. The molecule has 176 valence electrons. The molecule has 0 spiro atoms. The Hall–Kier alpha value is -3.75. The second-order valence-electron chi connectivity index (χ2n) is 8.58. The average molecular weight is 456 g/mol. The molecule has 0 saturated carbocycles. The third kappa shape index (κ3) is 4.93. The number of benzene rings is 3. The molecule has 34 heavy (non-hydrogen) atoms. The van der Waals surface area contributed by atoms with Gasteiger partial charge in [-0.05, 0) is 61.1 Å². The van der Waals surface area contributed by atoms with Crippen LogP contribution >= 0.6 is 0 Å². The molecule has 0 aliphatic rings. The second-order valence-corrected chi connectivity index (χ2v) is 8.58. The summed E-state index contributed by atoms with van der Waals surface area (Å²) in [5.41, 5.74) is 3.03. The molecule has 5 nitrogen and oxygen atoms in total. The van der Waals surface area contributed by atoms with Gasteiger partial charge in [0.15, 0.2) is 0 Å². The number of nitriles is 1. The summed E-state index contributed by atoms with van der Waals surface area (Å²) in [4.78, 5) is 4.11. The van der Waals surface area contributed by atoms with Gasteiger partial charge in [-0.25, -0.2) is 0 Å². The largest absolute Gasteiger partial charge is 0.497 e. The van der Waals surface area contributed by atoms with Crippen molar-refractivity contribution in [2.45, 2.75) is 11.5 Å². The van der Waals surface area contributed by atoms with Crippen LogP contribution in [0.15, 0.2) is 84.6 Å². The van der Waals surface area contributed by atoms with E-state index in [9.17, 15) is 5.26 Å². The zero-order chi connectivity index (χ0) is 24.7. The summed E-state index contributed by atoms with van der Waals surface area (Å²) in [6.45, 7) is 0. The van der Waals surface area contributed by atoms with Gasteiger partial charge in [0, 0.05) is 19.8 Å². The Morgan fingerprint density at radius 3 is 1.79 bits per heavy atom. The van der Waals surface area contributed by atoms with Crippen LogP contribution in [0.25, 0.3) is 6.08 Å². The van der Waals surface area contributed by atoms with Crippen LogP contribution in [-0.4, -0.2) is 52.2 Å². The molecular formula is C29H33N3O2. The smallest absolute Gasteiger partial charge is 0.146 e. The predicted octanol–water partition coefficient (Wildman–Crippen LogP) is 5.37. The summed E-state index contributed by atoms with van der Waals surface area (Å²) >= 11 is 0. The van der Waals surface area contributed by atoms with Gasteiger partial charge < -0.3 is 14.4 Å². The molecule has 0 aliphatic carbocycles. The highest BCUT2D eigenvalue weighted by atomic mass is 16.5. The fraction of sp³-hybridized carbons (Fsp3) is 0.276. The van der Waals surface area contributed by atoms with Gasteiger partial charge >= 0.3 is 0 Å². The van der Waals surface area contributed by atoms with Crippen molar-refractivity contribution in [2.24, 2.45) is 0 Å². The van der Waals surface area contributed by atoms with Crippen LogP contribution in [0.1, 0.15) is 22.6 Å². The molecule has 2 unspecified atom stereocenters. The number of rotatable bonds is 9. The minimum absolute atomic E-state index is 0.279. The molecule has 0 radical (unpaired) electrons. The van der Waals surface area contributed by atoms with Gasteiger partial charge in [0.05, 0.1) is 26.2 Å². The molecule has 0 aliphatic heterocycles. The third-order valence-electron chi connectivity index (χ3n) is 6.20. The van der Waals surface area contributed by atoms with Gasteiger partial charge in [0.1, 0.15) is 17.0 Å². The van der Waals surface area contributed by atoms with Crippen LogP contribution < -0.4 is 9.47 Å². The van der Waals surface area contributed by atoms with Crippen LogP contribution in [0.4, 0.5) is 0 Å². The molecule has 0 N–H and O–H groups in total. The first kappa shape index (κ1) is 24.9. The first-order valence-electron chi connectivity index (χ1n) is 11.2. The summed E-state index contributed by atoms with van der Waals surface area (Å²) < 4.78 is 10.7. The molecule has 0 aromatic heterocycles. The lowest BCUT2D eigenvalue weighted by atomic mass is 9.72. The Bertz CT molecular complexity index is 1130. The van der Waals surface area contributed by atoms with Crippen LogP contribution in [-0.2, 0) is 5.54 Å². The first-order chi connectivity index (χ1) is 16.4. The van der Waals surface area contributed by atoms with Gasteiger partial charge in [-0.15, -0.1) is 0 Å². The quantitative estimate of drug-likeness (QED) is 0.434. The van der Waals surface area contributed by atoms with E-state index in [2.05, 4.69) is 29.2 Å². The standard InChI is InChI=1S/C29H33N3O2/c1-31(2)27(20-22-12-16-25(33-5)17-13-22)28(23-10-8-7-9-11-23)29(21-30,32(3)4)24-14-18-26(34-6)19-15-24/h7-20,28H,1-6H3/b27-20-. The third-order valence-corrected chi connectivity index (χ3v) is 6.20. The summed E-state index contributed by atoms with van der Waals surface area (Å²) in [6, 6.07) is 28.7. The van der Waals surface area contributed by atoms with Crippen LogP contribution in [0.3, 0.4) is 0 Å². The Balaban J connectivity index is 2.30. The number of nitrogens with zero attached hydrogens (tertiary/aromatic N) is 3. The Kier molecular flexibility index (Phi) is 7.99. The topological polar surface area (TPSA) is 48.7 Å². The fourth-order valence-electron chi connectivity index (χ4n) is 4.37. The van der Waals surface area contributed by atoms with Crippen molar-refractivity contribution < 1.29 is 9.47 Å². The van der Waals surface area contributed by atoms with Crippen molar-refractivity contribution in [3.63, 3.8) is 0 Å². The van der Waals surface area contributed by atoms with E-state index in [4.69, 9.17) is 9.47 Å². The molecule has 0 amide bonds. The summed E-state index contributed by atoms with van der Waals surface area (Å²) in [5.74, 6) is 1.28. The van der Waals surface area contributed by atoms with Crippen molar-refractivity contribution in [3.05, 3.63) is 101 Å². The van der Waals surface area contributed by atoms with E-state index in [1.165, 1.54) is 0 Å². The summed E-state index contributed by atoms with van der Waals surface area (Å²) in [6.07, 6.45) is 2.15. The normalized spacial score (nSPS) is 14.1. The van der Waals surface area contributed by atoms with Crippen molar-refractivity contribution >= 4 is 6.08 Å². The van der Waals surface area contributed by atoms with E-state index in [0.29, 0.717) is 0 Å². The van der Waals surface area contributed by atoms with Crippen molar-refractivity contribution in [3.8, 4) is 17.6 Å². The maximum Gasteiger partial charge on any atom is 0.146 e. The summed E-state index contributed by atoms with van der Waals surface area (Å²) in [5, 5.41) is 10.8. The van der Waals surface area contributed by atoms with E-state index in [0.717, 1.165) is 33.9 Å². The van der Waals surface area contributed by atoms with Gasteiger partial charge in [-0.1, -0.05) is 54.6 Å². The zero-order valence-electron chi connectivity index (χ0n) is 20.8. The minimum Gasteiger partial charge on any atom is -0.497 e. The van der Waals surface area contributed by atoms with Crippen molar-refractivity contribution in [2.75, 3.05) is 42.4 Å². The lowest BCUT2D eigenvalue weighted by molar-refractivity contribution is 0.179. The van der Waals surface area contributed by atoms with Crippen LogP contribution in [0.2, 0.25) is 0 Å². The molecule has 0 bridgehead atoms. The number of hydrogen-bond acceptors (Lipinski definition) is 5. The van der Waals surface area contributed by atoms with Crippen LogP contribution in [0, 0.1) is 11.3 Å². The Morgan fingerprint density at radius 2 is 1.35 bits per heavy atom. The fourth-order valence-corrected chi connectivity index (χ4v) is 4.37. The molecule has 0 saturated heterocycles. The highest BCUT2D eigenvalue weighted by molar-refractivity contribution is 5.58. The highest BCUT2D eigenvalue weighted by Crippen LogP contribution is 2.46. The molecule has 5 heteroatoms. The molecule has 0 fully saturated rings. The Labute approximate surface area is 203 Å². The lowest BCUT2D eigenvalue weighted by Crippen LogP contribution is -2.47. The molecule has 3 aromatic carbocycles. The number of ether oxygens (including phenoxy) is 2. The van der Waals surface area contributed by atoms with E-state index in [-0.39, 0.29) is 5.92 Å². The van der Waals surface area contributed by atoms with Crippen molar-refractivity contribution in [1.29, 1.82) is 5.26 Å². The average Bonchev–Trinajstić information content (AvgIpc) is 2.87. The Morgan fingerprint density at radius 1 is 0.824 bits per heavy atom. The maximum atomic E-state index is 10.8. The van der Waals surface area contributed by atoms with E-state index >= 15 is 0 Å². The van der Waals surface area contributed by atoms with E-state index < -0.39 is 5.54 Å². The molecule has 3 aromatic rings. The second kappa shape index (κ2) is 10.9. The first-order valence-corrected chi connectivity index (χ1v) is 11.2. The molecule has 0 heterocycles. The summed E-state index contributed by atoms with van der Waals surface area (Å²) in [7, 11) is 11.3. The minimum atomic E-state index is -0.976. The molecule has 3 rings (SSSR count). The van der Waals surface area contributed by atoms with Gasteiger partial charge in [-0.3, -0.25) is 4.90 Å². The highest BCUT2D eigenvalue weighted by Gasteiger charge is 2.46. The number of hydrogen-bond donors (Lipinski definition) is 0. The van der Waals surface area contributed by atoms with Gasteiger partial charge in [-0.2, -0.15) is 5.26 Å². The van der Waals surface area contributed by atoms with Gasteiger partial charge in [0.25, 0.3) is 0 Å². The number of methoxy groups -OCH3 is 2. The number of likely N-dealkylation sites (N-methyl/N-ethyl adjacent to an activating group) is 2. The SMILES string of the molecule is COc1ccc(/C=C(/C(c2ccccc2)C(C#N)(c2ccc(OC)cc2)N(C)C)N(C)C)cc1.